The Morgan fingerprint density at radius 3 is 2.86 bits per heavy atom. The molecular weight excluding hydrogens is 352 g/mol. The second-order valence-corrected chi connectivity index (χ2v) is 6.70. The maximum absolute atomic E-state index is 4.49. The Labute approximate surface area is 137 Å². The van der Waals surface area contributed by atoms with E-state index in [2.05, 4.69) is 61.9 Å². The maximum Gasteiger partial charge on any atom is 0.0886 e. The van der Waals surface area contributed by atoms with Crippen molar-refractivity contribution < 1.29 is 0 Å². The Morgan fingerprint density at radius 2 is 2.24 bits per heavy atom. The average Bonchev–Trinajstić information content (AvgIpc) is 3.06. The van der Waals surface area contributed by atoms with E-state index in [-0.39, 0.29) is 6.04 Å². The van der Waals surface area contributed by atoms with Crippen molar-refractivity contribution >= 4 is 27.5 Å². The van der Waals surface area contributed by atoms with Gasteiger partial charge in [-0.2, -0.15) is 5.10 Å². The number of aryl methyl sites for hydroxylation is 1. The van der Waals surface area contributed by atoms with Crippen LogP contribution in [0.3, 0.4) is 0 Å². The lowest BCUT2D eigenvalue weighted by Crippen LogP contribution is -2.25. The van der Waals surface area contributed by atoms with Gasteiger partial charge in [0.1, 0.15) is 0 Å². The summed E-state index contributed by atoms with van der Waals surface area (Å²) in [5.41, 5.74) is 2.17. The van der Waals surface area contributed by atoms with Crippen LogP contribution in [0.1, 0.15) is 29.2 Å². The molecule has 0 aliphatic heterocycles. The van der Waals surface area contributed by atoms with Gasteiger partial charge >= 0.3 is 0 Å². The summed E-state index contributed by atoms with van der Waals surface area (Å²) in [5.74, 6) is 0. The normalized spacial score (nSPS) is 13.0. The average molecular weight is 373 g/mol. The maximum atomic E-state index is 4.49. The first kappa shape index (κ1) is 16.5. The van der Waals surface area contributed by atoms with Gasteiger partial charge in [0.15, 0.2) is 0 Å². The van der Waals surface area contributed by atoms with Crippen LogP contribution >= 0.6 is 27.5 Å². The number of hydrogen-bond acceptors (Lipinski definition) is 6. The number of nitrogens with one attached hydrogen (secondary N) is 1. The third kappa shape index (κ3) is 3.68. The lowest BCUT2D eigenvalue weighted by atomic mass is 10.1. The highest BCUT2D eigenvalue weighted by atomic mass is 79.9. The highest BCUT2D eigenvalue weighted by Gasteiger charge is 2.25. The molecule has 0 fully saturated rings. The van der Waals surface area contributed by atoms with Crippen LogP contribution in [-0.4, -0.2) is 52.0 Å². The summed E-state index contributed by atoms with van der Waals surface area (Å²) in [7, 11) is 6.09. The summed E-state index contributed by atoms with van der Waals surface area (Å²) in [5, 5.41) is 12.1. The zero-order chi connectivity index (χ0) is 15.4. The smallest absolute Gasteiger partial charge is 0.0886 e. The highest BCUT2D eigenvalue weighted by molar-refractivity contribution is 9.10. The van der Waals surface area contributed by atoms with Gasteiger partial charge in [0, 0.05) is 6.54 Å². The first-order chi connectivity index (χ1) is 10.1. The van der Waals surface area contributed by atoms with E-state index >= 15 is 0 Å². The number of likely N-dealkylation sites (N-methyl/N-ethyl adjacent to an activating group) is 1. The molecule has 116 valence electrons. The van der Waals surface area contributed by atoms with Gasteiger partial charge in [-0.25, -0.2) is 0 Å². The van der Waals surface area contributed by atoms with Gasteiger partial charge in [-0.3, -0.25) is 4.68 Å². The van der Waals surface area contributed by atoms with Crippen molar-refractivity contribution in [1.29, 1.82) is 0 Å². The van der Waals surface area contributed by atoms with Crippen molar-refractivity contribution in [2.24, 2.45) is 0 Å². The quantitative estimate of drug-likeness (QED) is 0.804. The minimum absolute atomic E-state index is 0.0546. The van der Waals surface area contributed by atoms with Gasteiger partial charge in [0.25, 0.3) is 0 Å². The second-order valence-electron chi connectivity index (χ2n) is 5.06. The molecule has 1 N–H and O–H groups in total. The number of halogens is 1. The summed E-state index contributed by atoms with van der Waals surface area (Å²) in [6.07, 6.45) is 2.74. The fourth-order valence-electron chi connectivity index (χ4n) is 2.20. The van der Waals surface area contributed by atoms with Crippen LogP contribution in [0.4, 0.5) is 0 Å². The lowest BCUT2D eigenvalue weighted by Gasteiger charge is -2.19. The van der Waals surface area contributed by atoms with E-state index in [1.807, 2.05) is 17.9 Å². The minimum Gasteiger partial charge on any atom is -0.308 e. The molecule has 0 aliphatic carbocycles. The Kier molecular flexibility index (Phi) is 5.86. The van der Waals surface area contributed by atoms with E-state index in [4.69, 9.17) is 0 Å². The fraction of sp³-hybridized carbons (Fsp3) is 0.615. The molecule has 0 bridgehead atoms. The molecule has 0 aromatic carbocycles. The van der Waals surface area contributed by atoms with Crippen LogP contribution in [0, 0.1) is 0 Å². The van der Waals surface area contributed by atoms with Crippen LogP contribution in [0.25, 0.3) is 0 Å². The molecule has 0 radical (unpaired) electrons. The summed E-state index contributed by atoms with van der Waals surface area (Å²) in [6, 6.07) is 0.0546. The molecule has 2 aromatic rings. The molecule has 0 aliphatic rings. The summed E-state index contributed by atoms with van der Waals surface area (Å²) < 4.78 is 7.16. The molecule has 0 spiro atoms. The molecule has 2 aromatic heterocycles. The van der Waals surface area contributed by atoms with Crippen LogP contribution in [0.2, 0.25) is 0 Å². The standard InChI is InChI=1S/C13H21BrN6S/c1-5-10-13(21-18-17-10)11(15-2)12-9(14)8-16-20(12)7-6-19(3)4/h8,11,15H,5-7H2,1-4H3. The zero-order valence-corrected chi connectivity index (χ0v) is 15.2. The fourth-order valence-corrected chi connectivity index (χ4v) is 3.58. The van der Waals surface area contributed by atoms with E-state index in [0.29, 0.717) is 0 Å². The van der Waals surface area contributed by atoms with Gasteiger partial charge in [-0.05, 0) is 55.0 Å². The van der Waals surface area contributed by atoms with Crippen LogP contribution in [0.15, 0.2) is 10.7 Å². The Bertz CT molecular complexity index is 579. The van der Waals surface area contributed by atoms with Crippen molar-refractivity contribution in [1.82, 2.24) is 29.6 Å². The molecule has 1 atom stereocenters. The first-order valence-corrected chi connectivity index (χ1v) is 8.49. The van der Waals surface area contributed by atoms with Crippen LogP contribution in [0.5, 0.6) is 0 Å². The summed E-state index contributed by atoms with van der Waals surface area (Å²) >= 11 is 5.08. The zero-order valence-electron chi connectivity index (χ0n) is 12.8. The Balaban J connectivity index is 2.36. The molecule has 8 heteroatoms. The SMILES string of the molecule is CCc1nnsc1C(NC)c1c(Br)cnn1CCN(C)C. The first-order valence-electron chi connectivity index (χ1n) is 6.92. The van der Waals surface area contributed by atoms with Crippen molar-refractivity contribution in [2.75, 3.05) is 27.7 Å². The van der Waals surface area contributed by atoms with Crippen molar-refractivity contribution in [3.63, 3.8) is 0 Å². The predicted molar refractivity (Wildman–Crippen MR) is 88.7 cm³/mol. The van der Waals surface area contributed by atoms with E-state index < -0.39 is 0 Å². The van der Waals surface area contributed by atoms with Gasteiger partial charge < -0.3 is 10.2 Å². The Hall–Kier alpha value is -0.830. The summed E-state index contributed by atoms with van der Waals surface area (Å²) in [4.78, 5) is 3.31. The minimum atomic E-state index is 0.0546. The second kappa shape index (κ2) is 7.44. The highest BCUT2D eigenvalue weighted by Crippen LogP contribution is 2.31. The molecule has 0 saturated heterocycles. The van der Waals surface area contributed by atoms with E-state index in [1.54, 1.807) is 0 Å². The molecular formula is C13H21BrN6S. The van der Waals surface area contributed by atoms with Crippen molar-refractivity contribution in [3.05, 3.63) is 26.9 Å². The van der Waals surface area contributed by atoms with Crippen LogP contribution in [-0.2, 0) is 13.0 Å². The van der Waals surface area contributed by atoms with Gasteiger partial charge in [-0.1, -0.05) is 11.4 Å². The monoisotopic (exact) mass is 372 g/mol. The summed E-state index contributed by atoms with van der Waals surface area (Å²) in [6.45, 7) is 3.89. The van der Waals surface area contributed by atoms with E-state index in [1.165, 1.54) is 11.5 Å². The molecule has 21 heavy (non-hydrogen) atoms. The number of aromatic nitrogens is 4. The largest absolute Gasteiger partial charge is 0.308 e. The number of rotatable bonds is 7. The Morgan fingerprint density at radius 1 is 1.48 bits per heavy atom. The lowest BCUT2D eigenvalue weighted by molar-refractivity contribution is 0.366. The number of hydrogen-bond donors (Lipinski definition) is 1. The van der Waals surface area contributed by atoms with Gasteiger partial charge in [0.05, 0.1) is 39.5 Å². The molecule has 2 heterocycles. The van der Waals surface area contributed by atoms with Crippen molar-refractivity contribution in [3.8, 4) is 0 Å². The number of nitrogens with zero attached hydrogens (tertiary/aromatic N) is 5. The van der Waals surface area contributed by atoms with Gasteiger partial charge in [-0.15, -0.1) is 5.10 Å². The van der Waals surface area contributed by atoms with E-state index in [9.17, 15) is 0 Å². The van der Waals surface area contributed by atoms with Crippen molar-refractivity contribution in [2.45, 2.75) is 25.9 Å². The third-order valence-corrected chi connectivity index (χ3v) is 4.78. The third-order valence-electron chi connectivity index (χ3n) is 3.34. The molecule has 1 unspecified atom stereocenters. The van der Waals surface area contributed by atoms with E-state index in [0.717, 1.165) is 40.2 Å². The molecule has 2 rings (SSSR count). The van der Waals surface area contributed by atoms with Gasteiger partial charge in [0.2, 0.25) is 0 Å². The van der Waals surface area contributed by atoms with Crippen LogP contribution < -0.4 is 5.32 Å². The molecule has 0 amide bonds. The predicted octanol–water partition coefficient (Wildman–Crippen LogP) is 1.93. The molecule has 6 nitrogen and oxygen atoms in total. The topological polar surface area (TPSA) is 58.9 Å². The molecule has 0 saturated carbocycles.